The molecule has 1 aromatic rings. The van der Waals surface area contributed by atoms with E-state index in [-0.39, 0.29) is 6.42 Å². The van der Waals surface area contributed by atoms with Gasteiger partial charge in [-0.05, 0) is 6.07 Å². The summed E-state index contributed by atoms with van der Waals surface area (Å²) in [6, 6.07) is 4.99. The van der Waals surface area contributed by atoms with Gasteiger partial charge < -0.3 is 14.9 Å². The molecule has 2 N–H and O–H groups in total. The summed E-state index contributed by atoms with van der Waals surface area (Å²) in [7, 11) is 0. The lowest BCUT2D eigenvalue weighted by Crippen LogP contribution is -2.51. The fraction of sp³-hybridized carbons (Fsp3) is 0.273. The van der Waals surface area contributed by atoms with Gasteiger partial charge in [-0.1, -0.05) is 19.1 Å². The summed E-state index contributed by atoms with van der Waals surface area (Å²) in [6.45, 7) is 1.30. The minimum atomic E-state index is -2.55. The molecule has 0 aliphatic rings. The highest BCUT2D eigenvalue weighted by atomic mass is 16.6. The Morgan fingerprint density at radius 3 is 2.26 bits per heavy atom. The zero-order valence-electron chi connectivity index (χ0n) is 9.90. The molecule has 0 aliphatic heterocycles. The van der Waals surface area contributed by atoms with Crippen LogP contribution in [0.15, 0.2) is 24.3 Å². The van der Waals surface area contributed by atoms with E-state index in [1.165, 1.54) is 19.1 Å². The van der Waals surface area contributed by atoms with Gasteiger partial charge in [0, 0.05) is 12.5 Å². The van der Waals surface area contributed by atoms with Crippen molar-refractivity contribution < 1.29 is 29.5 Å². The van der Waals surface area contributed by atoms with Gasteiger partial charge in [-0.3, -0.25) is 10.1 Å². The van der Waals surface area contributed by atoms with Gasteiger partial charge in [0.15, 0.2) is 5.75 Å². The third-order valence-corrected chi connectivity index (χ3v) is 2.53. The number of carbonyl (C=O) groups is 2. The van der Waals surface area contributed by atoms with E-state index in [1.807, 2.05) is 0 Å². The van der Waals surface area contributed by atoms with Crippen LogP contribution in [0.1, 0.15) is 13.3 Å². The van der Waals surface area contributed by atoms with E-state index in [2.05, 4.69) is 0 Å². The van der Waals surface area contributed by atoms with Crippen molar-refractivity contribution in [3.05, 3.63) is 34.4 Å². The number of hydrogen-bond donors (Lipinski definition) is 2. The number of carboxylic acid groups (broad SMARTS) is 2. The molecule has 102 valence electrons. The van der Waals surface area contributed by atoms with Gasteiger partial charge in [-0.25, -0.2) is 9.59 Å². The first-order valence-corrected chi connectivity index (χ1v) is 5.24. The standard InChI is InChI=1S/C11H11NO7/c1-2-11(9(13)14,10(15)16)19-8-6-4-3-5-7(8)12(17)18/h3-6H,2H2,1H3,(H,13,14)(H,15,16). The number of nitro groups is 1. The van der Waals surface area contributed by atoms with Crippen molar-refractivity contribution in [1.29, 1.82) is 0 Å². The predicted octanol–water partition coefficient (Wildman–Crippen LogP) is 1.29. The molecule has 0 saturated heterocycles. The van der Waals surface area contributed by atoms with Crippen LogP contribution in [0.4, 0.5) is 5.69 Å². The summed E-state index contributed by atoms with van der Waals surface area (Å²) in [6.07, 6.45) is -0.385. The number of benzene rings is 1. The lowest BCUT2D eigenvalue weighted by atomic mass is 10.0. The van der Waals surface area contributed by atoms with Gasteiger partial charge in [-0.15, -0.1) is 0 Å². The fourth-order valence-corrected chi connectivity index (χ4v) is 1.44. The highest BCUT2D eigenvalue weighted by Crippen LogP contribution is 2.31. The second-order valence-electron chi connectivity index (χ2n) is 3.62. The Morgan fingerprint density at radius 2 is 1.84 bits per heavy atom. The summed E-state index contributed by atoms with van der Waals surface area (Å²) in [5, 5.41) is 28.8. The molecule has 0 atom stereocenters. The van der Waals surface area contributed by atoms with Crippen LogP contribution >= 0.6 is 0 Å². The lowest BCUT2D eigenvalue weighted by Gasteiger charge is -2.24. The second kappa shape index (κ2) is 5.34. The number of rotatable bonds is 6. The van der Waals surface area contributed by atoms with Crippen molar-refractivity contribution in [2.24, 2.45) is 0 Å². The quantitative estimate of drug-likeness (QED) is 0.452. The number of carboxylic acids is 2. The van der Waals surface area contributed by atoms with Gasteiger partial charge >= 0.3 is 23.2 Å². The van der Waals surface area contributed by atoms with Crippen LogP contribution in [-0.2, 0) is 9.59 Å². The third-order valence-electron chi connectivity index (χ3n) is 2.53. The molecule has 8 heteroatoms. The average Bonchev–Trinajstić information content (AvgIpc) is 2.35. The molecule has 1 aromatic carbocycles. The molecule has 0 unspecified atom stereocenters. The molecule has 0 fully saturated rings. The van der Waals surface area contributed by atoms with Gasteiger partial charge in [0.1, 0.15) is 0 Å². The topological polar surface area (TPSA) is 127 Å². The van der Waals surface area contributed by atoms with Crippen LogP contribution in [0.5, 0.6) is 5.75 Å². The molecular weight excluding hydrogens is 258 g/mol. The second-order valence-corrected chi connectivity index (χ2v) is 3.62. The molecule has 0 radical (unpaired) electrons. The smallest absolute Gasteiger partial charge is 0.360 e. The average molecular weight is 269 g/mol. The van der Waals surface area contributed by atoms with E-state index in [9.17, 15) is 19.7 Å². The Kier molecular flexibility index (Phi) is 4.05. The largest absolute Gasteiger partial charge is 0.478 e. The van der Waals surface area contributed by atoms with E-state index >= 15 is 0 Å². The van der Waals surface area contributed by atoms with Gasteiger partial charge in [0.05, 0.1) is 4.92 Å². The normalized spacial score (nSPS) is 10.8. The van der Waals surface area contributed by atoms with Gasteiger partial charge in [0.2, 0.25) is 0 Å². The van der Waals surface area contributed by atoms with Crippen LogP contribution in [0.3, 0.4) is 0 Å². The first kappa shape index (κ1) is 14.4. The number of nitro benzene ring substituents is 1. The summed E-state index contributed by atoms with van der Waals surface area (Å²) >= 11 is 0. The number of para-hydroxylation sites is 2. The fourth-order valence-electron chi connectivity index (χ4n) is 1.44. The van der Waals surface area contributed by atoms with Crippen LogP contribution in [0.2, 0.25) is 0 Å². The molecule has 8 nitrogen and oxygen atoms in total. The monoisotopic (exact) mass is 269 g/mol. The number of ether oxygens (including phenoxy) is 1. The maximum Gasteiger partial charge on any atom is 0.360 e. The van der Waals surface area contributed by atoms with Crippen LogP contribution in [0, 0.1) is 10.1 Å². The molecule has 0 aliphatic carbocycles. The zero-order chi connectivity index (χ0) is 14.6. The maximum absolute atomic E-state index is 11.1. The molecular formula is C11H11NO7. The Labute approximate surface area is 107 Å². The van der Waals surface area contributed by atoms with Crippen molar-refractivity contribution >= 4 is 17.6 Å². The molecule has 0 saturated carbocycles. The Bertz CT molecular complexity index is 512. The van der Waals surface area contributed by atoms with E-state index in [4.69, 9.17) is 14.9 Å². The Balaban J connectivity index is 3.29. The van der Waals surface area contributed by atoms with Gasteiger partial charge in [-0.2, -0.15) is 0 Å². The summed E-state index contributed by atoms with van der Waals surface area (Å²) in [5.74, 6) is -3.85. The molecule has 0 spiro atoms. The first-order valence-electron chi connectivity index (χ1n) is 5.24. The van der Waals surface area contributed by atoms with Crippen molar-refractivity contribution in [1.82, 2.24) is 0 Å². The molecule has 0 amide bonds. The van der Waals surface area contributed by atoms with Crippen molar-refractivity contribution in [3.8, 4) is 5.75 Å². The van der Waals surface area contributed by atoms with E-state index in [0.717, 1.165) is 12.1 Å². The molecule has 19 heavy (non-hydrogen) atoms. The summed E-state index contributed by atoms with van der Waals surface area (Å²) in [4.78, 5) is 32.2. The minimum Gasteiger partial charge on any atom is -0.478 e. The number of aliphatic carboxylic acids is 2. The van der Waals surface area contributed by atoms with Crippen molar-refractivity contribution in [2.45, 2.75) is 18.9 Å². The van der Waals surface area contributed by atoms with Crippen molar-refractivity contribution in [2.75, 3.05) is 0 Å². The highest BCUT2D eigenvalue weighted by Gasteiger charge is 2.49. The van der Waals surface area contributed by atoms with E-state index in [1.54, 1.807) is 0 Å². The highest BCUT2D eigenvalue weighted by molar-refractivity contribution is 6.02. The maximum atomic E-state index is 11.1. The first-order chi connectivity index (χ1) is 8.85. The summed E-state index contributed by atoms with van der Waals surface area (Å²) in [5.41, 5.74) is -3.05. The van der Waals surface area contributed by atoms with Crippen LogP contribution < -0.4 is 4.74 Å². The molecule has 0 aromatic heterocycles. The summed E-state index contributed by atoms with van der Waals surface area (Å²) < 4.78 is 4.93. The van der Waals surface area contributed by atoms with E-state index < -0.39 is 33.9 Å². The van der Waals surface area contributed by atoms with Gasteiger partial charge in [0.25, 0.3) is 0 Å². The van der Waals surface area contributed by atoms with E-state index in [0.29, 0.717) is 0 Å². The Morgan fingerprint density at radius 1 is 1.32 bits per heavy atom. The minimum absolute atomic E-state index is 0.385. The number of hydrogen-bond acceptors (Lipinski definition) is 5. The molecule has 0 heterocycles. The lowest BCUT2D eigenvalue weighted by molar-refractivity contribution is -0.386. The van der Waals surface area contributed by atoms with Crippen LogP contribution in [0.25, 0.3) is 0 Å². The third kappa shape index (κ3) is 2.62. The number of nitrogens with zero attached hydrogens (tertiary/aromatic N) is 1. The SMILES string of the molecule is CCC(Oc1ccccc1[N+](=O)[O-])(C(=O)O)C(=O)O. The molecule has 1 rings (SSSR count). The Hall–Kier alpha value is -2.64. The predicted molar refractivity (Wildman–Crippen MR) is 62.0 cm³/mol. The zero-order valence-corrected chi connectivity index (χ0v) is 9.90. The van der Waals surface area contributed by atoms with Crippen molar-refractivity contribution in [3.63, 3.8) is 0 Å². The van der Waals surface area contributed by atoms with Crippen LogP contribution in [-0.4, -0.2) is 32.7 Å². The molecule has 0 bridgehead atoms.